The number of nitrogens with zero attached hydrogens (tertiary/aromatic N) is 1. The molecule has 2 heteroatoms. The number of rotatable bonds is 5. The smallest absolute Gasteiger partial charge is 0.227 e. The van der Waals surface area contributed by atoms with E-state index in [-0.39, 0.29) is 11.3 Å². The largest absolute Gasteiger partial charge is 0.287 e. The summed E-state index contributed by atoms with van der Waals surface area (Å²) in [4.78, 5) is 11.7. The van der Waals surface area contributed by atoms with Crippen molar-refractivity contribution in [3.63, 3.8) is 0 Å². The third kappa shape index (κ3) is 4.43. The molecule has 136 valence electrons. The van der Waals surface area contributed by atoms with E-state index in [0.717, 1.165) is 30.2 Å². The molecule has 0 saturated carbocycles. The van der Waals surface area contributed by atoms with Gasteiger partial charge in [-0.3, -0.25) is 9.36 Å². The van der Waals surface area contributed by atoms with Gasteiger partial charge in [-0.15, -0.1) is 0 Å². The number of hydrogen-bond donors (Lipinski definition) is 0. The number of fused-ring (bicyclic) bond motifs is 1. The Morgan fingerprint density at radius 3 is 2.42 bits per heavy atom. The molecule has 0 fully saturated rings. The van der Waals surface area contributed by atoms with Gasteiger partial charge < -0.3 is 0 Å². The molecule has 3 aromatic rings. The van der Waals surface area contributed by atoms with Crippen molar-refractivity contribution in [3.05, 3.63) is 71.9 Å². The molecule has 2 nitrogen and oxygen atoms in total. The fraction of sp³-hybridized carbons (Fsp3) is 0.375. The molecule has 0 saturated heterocycles. The summed E-state index contributed by atoms with van der Waals surface area (Å²) in [5.74, 6) is 0.573. The van der Waals surface area contributed by atoms with E-state index in [1.54, 1.807) is 11.5 Å². The van der Waals surface area contributed by atoms with E-state index in [0.29, 0.717) is 5.92 Å². The highest BCUT2D eigenvalue weighted by Crippen LogP contribution is 2.35. The minimum Gasteiger partial charge on any atom is -0.287 e. The van der Waals surface area contributed by atoms with E-state index in [1.165, 1.54) is 11.1 Å². The Morgan fingerprint density at radius 2 is 1.77 bits per heavy atom. The van der Waals surface area contributed by atoms with E-state index in [1.807, 2.05) is 12.3 Å². The van der Waals surface area contributed by atoms with Crippen molar-refractivity contribution in [2.24, 2.45) is 5.41 Å². The number of carbonyl (C=O) groups excluding carboxylic acids is 1. The third-order valence-corrected chi connectivity index (χ3v) is 5.01. The fourth-order valence-electron chi connectivity index (χ4n) is 3.80. The van der Waals surface area contributed by atoms with Crippen molar-refractivity contribution in [2.45, 2.75) is 52.9 Å². The van der Waals surface area contributed by atoms with Crippen molar-refractivity contribution >= 4 is 16.8 Å². The molecule has 1 heterocycles. The first-order valence-corrected chi connectivity index (χ1v) is 9.49. The van der Waals surface area contributed by atoms with Crippen LogP contribution in [0.5, 0.6) is 0 Å². The van der Waals surface area contributed by atoms with Crippen LogP contribution < -0.4 is 0 Å². The average Bonchev–Trinajstić information content (AvgIpc) is 3.02. The van der Waals surface area contributed by atoms with Gasteiger partial charge in [0.15, 0.2) is 0 Å². The molecule has 2 aromatic carbocycles. The molecule has 0 aliphatic carbocycles. The third-order valence-electron chi connectivity index (χ3n) is 5.01. The van der Waals surface area contributed by atoms with Crippen LogP contribution in [0.15, 0.2) is 60.8 Å². The number of aromatic nitrogens is 1. The molecule has 0 aliphatic rings. The van der Waals surface area contributed by atoms with Crippen molar-refractivity contribution < 1.29 is 4.79 Å². The maximum atomic E-state index is 11.7. The number of aryl methyl sites for hydroxylation is 1. The van der Waals surface area contributed by atoms with Crippen LogP contribution in [0.4, 0.5) is 0 Å². The van der Waals surface area contributed by atoms with Crippen molar-refractivity contribution in [1.29, 1.82) is 0 Å². The lowest BCUT2D eigenvalue weighted by atomic mass is 9.78. The second-order valence-corrected chi connectivity index (χ2v) is 8.51. The standard InChI is InChI=1S/C24H29NO/c1-18(26)25-15-14-21-16-20(12-13-23(21)25)22(17-24(2,3)4)11-10-19-8-6-5-7-9-19/h5-9,12-16,22H,10-11,17H2,1-4H3/t22-/m0/s1. The van der Waals surface area contributed by atoms with Gasteiger partial charge >= 0.3 is 0 Å². The molecule has 3 rings (SSSR count). The summed E-state index contributed by atoms with van der Waals surface area (Å²) in [6, 6.07) is 19.4. The SMILES string of the molecule is CC(=O)n1ccc2cc([C@@H](CCc3ccccc3)CC(C)(C)C)ccc21. The van der Waals surface area contributed by atoms with Crippen molar-refractivity contribution in [1.82, 2.24) is 4.57 Å². The number of carbonyl (C=O) groups is 1. The lowest BCUT2D eigenvalue weighted by Gasteiger charge is -2.27. The Balaban J connectivity index is 1.88. The summed E-state index contributed by atoms with van der Waals surface area (Å²) >= 11 is 0. The van der Waals surface area contributed by atoms with E-state index >= 15 is 0 Å². The maximum absolute atomic E-state index is 11.7. The van der Waals surface area contributed by atoms with Crippen molar-refractivity contribution in [3.8, 4) is 0 Å². The highest BCUT2D eigenvalue weighted by atomic mass is 16.1. The Kier molecular flexibility index (Phi) is 5.31. The van der Waals surface area contributed by atoms with Gasteiger partial charge in [-0.05, 0) is 59.9 Å². The van der Waals surface area contributed by atoms with Crippen LogP contribution in [-0.2, 0) is 6.42 Å². The zero-order valence-electron chi connectivity index (χ0n) is 16.3. The first kappa shape index (κ1) is 18.4. The predicted molar refractivity (Wildman–Crippen MR) is 110 cm³/mol. The highest BCUT2D eigenvalue weighted by molar-refractivity contribution is 5.91. The van der Waals surface area contributed by atoms with Gasteiger partial charge in [-0.2, -0.15) is 0 Å². The summed E-state index contributed by atoms with van der Waals surface area (Å²) < 4.78 is 1.72. The average molecular weight is 348 g/mol. The Morgan fingerprint density at radius 1 is 1.04 bits per heavy atom. The van der Waals surface area contributed by atoms with Crippen LogP contribution in [-0.4, -0.2) is 10.5 Å². The monoisotopic (exact) mass is 347 g/mol. The van der Waals surface area contributed by atoms with Crippen LogP contribution in [0.25, 0.3) is 10.9 Å². The maximum Gasteiger partial charge on any atom is 0.227 e. The Bertz CT molecular complexity index is 883. The Labute approximate surface area is 156 Å². The minimum absolute atomic E-state index is 0.0584. The first-order chi connectivity index (χ1) is 12.3. The molecule has 1 aromatic heterocycles. The van der Waals surface area contributed by atoms with Gasteiger partial charge in [0.2, 0.25) is 5.91 Å². The summed E-state index contributed by atoms with van der Waals surface area (Å²) in [6.45, 7) is 8.55. The zero-order valence-corrected chi connectivity index (χ0v) is 16.3. The molecule has 0 spiro atoms. The molecule has 0 bridgehead atoms. The summed E-state index contributed by atoms with van der Waals surface area (Å²) in [6.07, 6.45) is 5.26. The Hall–Kier alpha value is -2.35. The minimum atomic E-state index is 0.0584. The highest BCUT2D eigenvalue weighted by Gasteiger charge is 2.21. The van der Waals surface area contributed by atoms with E-state index in [9.17, 15) is 4.79 Å². The zero-order chi connectivity index (χ0) is 18.7. The van der Waals surface area contributed by atoms with Gasteiger partial charge in [-0.1, -0.05) is 57.2 Å². The van der Waals surface area contributed by atoms with Crippen LogP contribution in [0.1, 0.15) is 62.4 Å². The topological polar surface area (TPSA) is 22.0 Å². The second-order valence-electron chi connectivity index (χ2n) is 8.51. The van der Waals surface area contributed by atoms with Gasteiger partial charge in [0, 0.05) is 18.5 Å². The van der Waals surface area contributed by atoms with E-state index < -0.39 is 0 Å². The fourth-order valence-corrected chi connectivity index (χ4v) is 3.80. The normalized spacial score (nSPS) is 13.1. The second kappa shape index (κ2) is 7.49. The summed E-state index contributed by atoms with van der Waals surface area (Å²) in [5, 5.41) is 1.15. The van der Waals surface area contributed by atoms with Crippen LogP contribution in [0.2, 0.25) is 0 Å². The van der Waals surface area contributed by atoms with Crippen molar-refractivity contribution in [2.75, 3.05) is 0 Å². The van der Waals surface area contributed by atoms with Gasteiger partial charge in [0.1, 0.15) is 0 Å². The summed E-state index contributed by atoms with van der Waals surface area (Å²) in [5.41, 5.74) is 4.06. The van der Waals surface area contributed by atoms with Crippen LogP contribution >= 0.6 is 0 Å². The molecular formula is C24H29NO. The van der Waals surface area contributed by atoms with Gasteiger partial charge in [0.25, 0.3) is 0 Å². The quantitative estimate of drug-likeness (QED) is 0.519. The van der Waals surface area contributed by atoms with Crippen LogP contribution in [0.3, 0.4) is 0 Å². The number of benzene rings is 2. The molecule has 0 unspecified atom stereocenters. The molecular weight excluding hydrogens is 318 g/mol. The lowest BCUT2D eigenvalue weighted by Crippen LogP contribution is -2.13. The molecule has 0 amide bonds. The van der Waals surface area contributed by atoms with E-state index in [2.05, 4.69) is 69.3 Å². The number of hydrogen-bond acceptors (Lipinski definition) is 1. The van der Waals surface area contributed by atoms with Crippen LogP contribution in [0, 0.1) is 5.41 Å². The first-order valence-electron chi connectivity index (χ1n) is 9.49. The van der Waals surface area contributed by atoms with Gasteiger partial charge in [-0.25, -0.2) is 0 Å². The molecule has 0 N–H and O–H groups in total. The lowest BCUT2D eigenvalue weighted by molar-refractivity contribution is 0.0941. The molecule has 0 radical (unpaired) electrons. The molecule has 0 aliphatic heterocycles. The van der Waals surface area contributed by atoms with E-state index in [4.69, 9.17) is 0 Å². The molecule has 1 atom stereocenters. The van der Waals surface area contributed by atoms with Gasteiger partial charge in [0.05, 0.1) is 5.52 Å². The summed E-state index contributed by atoms with van der Waals surface area (Å²) in [7, 11) is 0. The predicted octanol–water partition coefficient (Wildman–Crippen LogP) is 6.45. The molecule has 26 heavy (non-hydrogen) atoms.